The van der Waals surface area contributed by atoms with E-state index in [0.717, 1.165) is 5.69 Å². The second-order valence-electron chi connectivity index (χ2n) is 6.75. The molecule has 1 fully saturated rings. The first kappa shape index (κ1) is 20.4. The lowest BCUT2D eigenvalue weighted by atomic mass is 10.1. The molecule has 1 saturated heterocycles. The van der Waals surface area contributed by atoms with Crippen LogP contribution in [0.1, 0.15) is 23.7 Å². The lowest BCUT2D eigenvalue weighted by Crippen LogP contribution is -2.52. The molecule has 152 valence electrons. The van der Waals surface area contributed by atoms with E-state index in [1.807, 2.05) is 37.3 Å². The van der Waals surface area contributed by atoms with Gasteiger partial charge >= 0.3 is 6.03 Å². The molecular weight excluding hydrogens is 370 g/mol. The molecule has 0 unspecified atom stereocenters. The van der Waals surface area contributed by atoms with E-state index in [1.165, 1.54) is 0 Å². The van der Waals surface area contributed by atoms with Gasteiger partial charge in [0, 0.05) is 43.9 Å². The Labute approximate surface area is 170 Å². The fourth-order valence-electron chi connectivity index (χ4n) is 3.06. The highest BCUT2D eigenvalue weighted by Crippen LogP contribution is 2.14. The van der Waals surface area contributed by atoms with Crippen LogP contribution in [-0.4, -0.2) is 60.3 Å². The predicted octanol–water partition coefficient (Wildman–Crippen LogP) is 3.03. The number of rotatable bonds is 6. The zero-order valence-electron chi connectivity index (χ0n) is 16.5. The minimum absolute atomic E-state index is 0.0711. The first-order valence-electron chi connectivity index (χ1n) is 9.71. The number of carbonyl (C=O) groups is 3. The Kier molecular flexibility index (Phi) is 6.84. The molecule has 0 saturated carbocycles. The van der Waals surface area contributed by atoms with E-state index in [4.69, 9.17) is 4.74 Å². The number of carbonyl (C=O) groups excluding carboxylic acids is 3. The Balaban J connectivity index is 1.43. The summed E-state index contributed by atoms with van der Waals surface area (Å²) in [5, 5.41) is 2.85. The fourth-order valence-corrected chi connectivity index (χ4v) is 3.06. The Hall–Kier alpha value is -3.35. The Bertz CT molecular complexity index is 844. The van der Waals surface area contributed by atoms with Crippen molar-refractivity contribution in [1.29, 1.82) is 0 Å². The van der Waals surface area contributed by atoms with Crippen LogP contribution in [0.15, 0.2) is 54.6 Å². The molecule has 0 radical (unpaired) electrons. The topological polar surface area (TPSA) is 79.0 Å². The maximum Gasteiger partial charge on any atom is 0.321 e. The SMILES string of the molecule is CCC(=O)c1ccc(OCC(=O)N2CCN(C(=O)Nc3ccccc3)CC2)cc1. The molecule has 29 heavy (non-hydrogen) atoms. The van der Waals surface area contributed by atoms with Crippen molar-refractivity contribution >= 4 is 23.4 Å². The fraction of sp³-hybridized carbons (Fsp3) is 0.318. The number of Topliss-reactive ketones (excluding diaryl/α,β-unsaturated/α-hetero) is 1. The van der Waals surface area contributed by atoms with Gasteiger partial charge in [-0.25, -0.2) is 4.79 Å². The lowest BCUT2D eigenvalue weighted by molar-refractivity contribution is -0.134. The molecule has 0 spiro atoms. The number of para-hydroxylation sites is 1. The smallest absolute Gasteiger partial charge is 0.321 e. The first-order valence-corrected chi connectivity index (χ1v) is 9.71. The van der Waals surface area contributed by atoms with E-state index in [0.29, 0.717) is 43.9 Å². The van der Waals surface area contributed by atoms with Crippen molar-refractivity contribution in [2.75, 3.05) is 38.1 Å². The summed E-state index contributed by atoms with van der Waals surface area (Å²) in [5.74, 6) is 0.496. The normalized spacial score (nSPS) is 13.7. The summed E-state index contributed by atoms with van der Waals surface area (Å²) in [6.07, 6.45) is 0.452. The summed E-state index contributed by atoms with van der Waals surface area (Å²) in [4.78, 5) is 39.7. The molecule has 7 nitrogen and oxygen atoms in total. The van der Waals surface area contributed by atoms with Gasteiger partial charge in [-0.15, -0.1) is 0 Å². The average Bonchev–Trinajstić information content (AvgIpc) is 2.78. The number of urea groups is 1. The molecule has 0 bridgehead atoms. The molecule has 2 aromatic carbocycles. The van der Waals surface area contributed by atoms with Gasteiger partial charge in [0.2, 0.25) is 0 Å². The third-order valence-electron chi connectivity index (χ3n) is 4.80. The molecule has 1 aliphatic heterocycles. The quantitative estimate of drug-likeness (QED) is 0.763. The van der Waals surface area contributed by atoms with Crippen LogP contribution in [0.5, 0.6) is 5.75 Å². The van der Waals surface area contributed by atoms with Gasteiger partial charge in [0.25, 0.3) is 5.91 Å². The summed E-state index contributed by atoms with van der Waals surface area (Å²) in [5.41, 5.74) is 1.38. The van der Waals surface area contributed by atoms with Gasteiger partial charge in [0.1, 0.15) is 5.75 Å². The maximum atomic E-state index is 12.4. The third kappa shape index (κ3) is 5.57. The second kappa shape index (κ2) is 9.73. The lowest BCUT2D eigenvalue weighted by Gasteiger charge is -2.34. The molecule has 3 amide bonds. The summed E-state index contributed by atoms with van der Waals surface area (Å²) in [6.45, 7) is 3.62. The molecule has 7 heteroatoms. The van der Waals surface area contributed by atoms with Gasteiger partial charge in [-0.05, 0) is 36.4 Å². The van der Waals surface area contributed by atoms with Crippen molar-refractivity contribution in [2.45, 2.75) is 13.3 Å². The second-order valence-corrected chi connectivity index (χ2v) is 6.75. The molecular formula is C22H25N3O4. The van der Waals surface area contributed by atoms with Crippen LogP contribution in [0, 0.1) is 0 Å². The van der Waals surface area contributed by atoms with Crippen molar-refractivity contribution in [3.05, 3.63) is 60.2 Å². The third-order valence-corrected chi connectivity index (χ3v) is 4.80. The average molecular weight is 395 g/mol. The van der Waals surface area contributed by atoms with E-state index in [2.05, 4.69) is 5.32 Å². The van der Waals surface area contributed by atoms with E-state index in [-0.39, 0.29) is 24.3 Å². The summed E-state index contributed by atoms with van der Waals surface area (Å²) in [7, 11) is 0. The number of ether oxygens (including phenoxy) is 1. The molecule has 1 aliphatic rings. The van der Waals surface area contributed by atoms with Gasteiger partial charge in [0.05, 0.1) is 0 Å². The van der Waals surface area contributed by atoms with Gasteiger partial charge < -0.3 is 19.9 Å². The highest BCUT2D eigenvalue weighted by atomic mass is 16.5. The highest BCUT2D eigenvalue weighted by molar-refractivity contribution is 5.95. The number of hydrogen-bond donors (Lipinski definition) is 1. The highest BCUT2D eigenvalue weighted by Gasteiger charge is 2.24. The van der Waals surface area contributed by atoms with Crippen LogP contribution in [0.25, 0.3) is 0 Å². The zero-order chi connectivity index (χ0) is 20.6. The molecule has 1 heterocycles. The number of benzene rings is 2. The van der Waals surface area contributed by atoms with Crippen LogP contribution in [-0.2, 0) is 4.79 Å². The monoisotopic (exact) mass is 395 g/mol. The van der Waals surface area contributed by atoms with E-state index in [1.54, 1.807) is 34.1 Å². The van der Waals surface area contributed by atoms with Gasteiger partial charge in [-0.2, -0.15) is 0 Å². The molecule has 0 aromatic heterocycles. The predicted molar refractivity (Wildman–Crippen MR) is 110 cm³/mol. The van der Waals surface area contributed by atoms with Crippen molar-refractivity contribution in [2.24, 2.45) is 0 Å². The Morgan fingerprint density at radius 1 is 0.897 bits per heavy atom. The zero-order valence-corrected chi connectivity index (χ0v) is 16.5. The standard InChI is InChI=1S/C22H25N3O4/c1-2-20(26)17-8-10-19(11-9-17)29-16-21(27)24-12-14-25(15-13-24)22(28)23-18-6-4-3-5-7-18/h3-11H,2,12-16H2,1H3,(H,23,28). The van der Waals surface area contributed by atoms with Gasteiger partial charge in [0.15, 0.2) is 12.4 Å². The van der Waals surface area contributed by atoms with Crippen molar-refractivity contribution < 1.29 is 19.1 Å². The largest absolute Gasteiger partial charge is 0.484 e. The number of nitrogens with zero attached hydrogens (tertiary/aromatic N) is 2. The first-order chi connectivity index (χ1) is 14.1. The molecule has 1 N–H and O–H groups in total. The number of piperazine rings is 1. The minimum Gasteiger partial charge on any atom is -0.484 e. The molecule has 0 atom stereocenters. The number of ketones is 1. The van der Waals surface area contributed by atoms with E-state index < -0.39 is 0 Å². The van der Waals surface area contributed by atoms with Gasteiger partial charge in [-0.1, -0.05) is 25.1 Å². The Morgan fingerprint density at radius 2 is 1.52 bits per heavy atom. The van der Waals surface area contributed by atoms with Crippen LogP contribution in [0.3, 0.4) is 0 Å². The van der Waals surface area contributed by atoms with E-state index >= 15 is 0 Å². The van der Waals surface area contributed by atoms with Crippen LogP contribution in [0.2, 0.25) is 0 Å². The van der Waals surface area contributed by atoms with Crippen LogP contribution in [0.4, 0.5) is 10.5 Å². The summed E-state index contributed by atoms with van der Waals surface area (Å²) in [6, 6.07) is 15.9. The number of amides is 3. The summed E-state index contributed by atoms with van der Waals surface area (Å²) >= 11 is 0. The number of anilines is 1. The summed E-state index contributed by atoms with van der Waals surface area (Å²) < 4.78 is 5.55. The maximum absolute atomic E-state index is 12.4. The minimum atomic E-state index is -0.165. The number of hydrogen-bond acceptors (Lipinski definition) is 4. The number of nitrogens with one attached hydrogen (secondary N) is 1. The van der Waals surface area contributed by atoms with Gasteiger partial charge in [-0.3, -0.25) is 9.59 Å². The molecule has 3 rings (SSSR count). The van der Waals surface area contributed by atoms with Crippen LogP contribution >= 0.6 is 0 Å². The molecule has 0 aliphatic carbocycles. The molecule has 2 aromatic rings. The van der Waals surface area contributed by atoms with Crippen molar-refractivity contribution in [1.82, 2.24) is 9.80 Å². The van der Waals surface area contributed by atoms with Crippen molar-refractivity contribution in [3.8, 4) is 5.75 Å². The Morgan fingerprint density at radius 3 is 2.14 bits per heavy atom. The van der Waals surface area contributed by atoms with Crippen molar-refractivity contribution in [3.63, 3.8) is 0 Å². The van der Waals surface area contributed by atoms with E-state index in [9.17, 15) is 14.4 Å². The van der Waals surface area contributed by atoms with Crippen LogP contribution < -0.4 is 10.1 Å².